The number of imidazole rings is 1. The van der Waals surface area contributed by atoms with E-state index in [4.69, 9.17) is 0 Å². The summed E-state index contributed by atoms with van der Waals surface area (Å²) in [7, 11) is 0. The normalized spacial score (nSPS) is 10.3. The first-order chi connectivity index (χ1) is 10.2. The SMILES string of the molecule is Cc1nccn1-c1ccc(NC(=O)c2ccncc2)cn1. The maximum absolute atomic E-state index is 12.0. The lowest BCUT2D eigenvalue weighted by Gasteiger charge is -2.07. The number of hydrogen-bond donors (Lipinski definition) is 1. The van der Waals surface area contributed by atoms with Crippen LogP contribution in [0.5, 0.6) is 0 Å². The van der Waals surface area contributed by atoms with Crippen molar-refractivity contribution in [2.24, 2.45) is 0 Å². The second kappa shape index (κ2) is 5.54. The number of hydrogen-bond acceptors (Lipinski definition) is 4. The van der Waals surface area contributed by atoms with Gasteiger partial charge in [-0.3, -0.25) is 14.3 Å². The summed E-state index contributed by atoms with van der Waals surface area (Å²) in [4.78, 5) is 24.4. The second-order valence-corrected chi connectivity index (χ2v) is 4.44. The van der Waals surface area contributed by atoms with E-state index in [0.717, 1.165) is 11.6 Å². The maximum Gasteiger partial charge on any atom is 0.255 e. The van der Waals surface area contributed by atoms with Crippen molar-refractivity contribution in [2.75, 3.05) is 5.32 Å². The fourth-order valence-corrected chi connectivity index (χ4v) is 1.93. The van der Waals surface area contributed by atoms with Gasteiger partial charge in [-0.1, -0.05) is 0 Å². The van der Waals surface area contributed by atoms with Crippen molar-refractivity contribution < 1.29 is 4.79 Å². The fraction of sp³-hybridized carbons (Fsp3) is 0.0667. The van der Waals surface area contributed by atoms with E-state index < -0.39 is 0 Å². The van der Waals surface area contributed by atoms with E-state index in [1.807, 2.05) is 23.8 Å². The van der Waals surface area contributed by atoms with Crippen LogP contribution in [0.1, 0.15) is 16.2 Å². The van der Waals surface area contributed by atoms with Gasteiger partial charge < -0.3 is 5.32 Å². The van der Waals surface area contributed by atoms with Crippen LogP contribution in [0, 0.1) is 6.92 Å². The lowest BCUT2D eigenvalue weighted by Crippen LogP contribution is -2.12. The van der Waals surface area contributed by atoms with E-state index in [1.165, 1.54) is 0 Å². The molecule has 0 aliphatic carbocycles. The van der Waals surface area contributed by atoms with Crippen molar-refractivity contribution in [3.05, 3.63) is 66.6 Å². The molecule has 0 aliphatic heterocycles. The molecule has 3 rings (SSSR count). The summed E-state index contributed by atoms with van der Waals surface area (Å²) in [6, 6.07) is 6.95. The molecule has 1 N–H and O–H groups in total. The third-order valence-electron chi connectivity index (χ3n) is 3.02. The Balaban J connectivity index is 1.76. The molecule has 0 saturated heterocycles. The molecule has 0 bridgehead atoms. The second-order valence-electron chi connectivity index (χ2n) is 4.44. The number of carbonyl (C=O) groups is 1. The van der Waals surface area contributed by atoms with Crippen molar-refractivity contribution in [1.82, 2.24) is 19.5 Å². The summed E-state index contributed by atoms with van der Waals surface area (Å²) in [5, 5.41) is 2.79. The predicted molar refractivity (Wildman–Crippen MR) is 78.3 cm³/mol. The molecule has 0 saturated carbocycles. The molecule has 21 heavy (non-hydrogen) atoms. The highest BCUT2D eigenvalue weighted by molar-refractivity contribution is 6.04. The van der Waals surface area contributed by atoms with Gasteiger partial charge in [0, 0.05) is 30.4 Å². The third kappa shape index (κ3) is 2.79. The van der Waals surface area contributed by atoms with Gasteiger partial charge in [0.05, 0.1) is 11.9 Å². The third-order valence-corrected chi connectivity index (χ3v) is 3.02. The van der Waals surface area contributed by atoms with Gasteiger partial charge in [-0.05, 0) is 31.2 Å². The highest BCUT2D eigenvalue weighted by Gasteiger charge is 2.06. The van der Waals surface area contributed by atoms with Crippen LogP contribution in [0.3, 0.4) is 0 Å². The quantitative estimate of drug-likeness (QED) is 0.798. The van der Waals surface area contributed by atoms with E-state index in [-0.39, 0.29) is 5.91 Å². The molecule has 0 atom stereocenters. The van der Waals surface area contributed by atoms with Crippen LogP contribution in [-0.4, -0.2) is 25.4 Å². The van der Waals surface area contributed by atoms with Gasteiger partial charge in [0.1, 0.15) is 11.6 Å². The lowest BCUT2D eigenvalue weighted by atomic mass is 10.2. The van der Waals surface area contributed by atoms with E-state index in [2.05, 4.69) is 20.3 Å². The summed E-state index contributed by atoms with van der Waals surface area (Å²) < 4.78 is 1.87. The molecule has 0 unspecified atom stereocenters. The number of rotatable bonds is 3. The summed E-state index contributed by atoms with van der Waals surface area (Å²) in [5.41, 5.74) is 1.19. The zero-order chi connectivity index (χ0) is 14.7. The molecular formula is C15H13N5O. The Morgan fingerprint density at radius 3 is 2.52 bits per heavy atom. The van der Waals surface area contributed by atoms with Crippen LogP contribution >= 0.6 is 0 Å². The van der Waals surface area contributed by atoms with Crippen molar-refractivity contribution >= 4 is 11.6 Å². The summed E-state index contributed by atoms with van der Waals surface area (Å²) in [6.07, 6.45) is 8.34. The van der Waals surface area contributed by atoms with E-state index >= 15 is 0 Å². The summed E-state index contributed by atoms with van der Waals surface area (Å²) in [5.74, 6) is 1.42. The molecule has 6 heteroatoms. The van der Waals surface area contributed by atoms with E-state index in [9.17, 15) is 4.79 Å². The highest BCUT2D eigenvalue weighted by atomic mass is 16.1. The van der Waals surface area contributed by atoms with Crippen molar-refractivity contribution in [3.63, 3.8) is 0 Å². The molecule has 3 heterocycles. The highest BCUT2D eigenvalue weighted by Crippen LogP contribution is 2.12. The molecule has 1 amide bonds. The molecule has 0 aliphatic rings. The topological polar surface area (TPSA) is 72.7 Å². The molecule has 6 nitrogen and oxygen atoms in total. The number of pyridine rings is 2. The summed E-state index contributed by atoms with van der Waals surface area (Å²) in [6.45, 7) is 1.90. The van der Waals surface area contributed by atoms with Crippen LogP contribution in [0.25, 0.3) is 5.82 Å². The molecule has 0 fully saturated rings. The number of nitrogens with zero attached hydrogens (tertiary/aromatic N) is 4. The van der Waals surface area contributed by atoms with Gasteiger partial charge in [0.25, 0.3) is 5.91 Å². The van der Waals surface area contributed by atoms with Crippen molar-refractivity contribution in [1.29, 1.82) is 0 Å². The summed E-state index contributed by atoms with van der Waals surface area (Å²) >= 11 is 0. The predicted octanol–water partition coefficient (Wildman–Crippen LogP) is 2.22. The van der Waals surface area contributed by atoms with Gasteiger partial charge in [-0.25, -0.2) is 9.97 Å². The molecular weight excluding hydrogens is 266 g/mol. The van der Waals surface area contributed by atoms with Crippen LogP contribution in [0.2, 0.25) is 0 Å². The lowest BCUT2D eigenvalue weighted by molar-refractivity contribution is 0.102. The number of aryl methyl sites for hydroxylation is 1. The minimum atomic E-state index is -0.189. The first-order valence-electron chi connectivity index (χ1n) is 6.42. The average molecular weight is 279 g/mol. The van der Waals surface area contributed by atoms with E-state index in [1.54, 1.807) is 43.0 Å². The Morgan fingerprint density at radius 1 is 1.10 bits per heavy atom. The first kappa shape index (κ1) is 13.0. The smallest absolute Gasteiger partial charge is 0.255 e. The van der Waals surface area contributed by atoms with Gasteiger partial charge in [-0.2, -0.15) is 0 Å². The van der Waals surface area contributed by atoms with Crippen molar-refractivity contribution in [3.8, 4) is 5.82 Å². The Bertz CT molecular complexity index is 749. The number of nitrogens with one attached hydrogen (secondary N) is 1. The maximum atomic E-state index is 12.0. The molecule has 3 aromatic heterocycles. The van der Waals surface area contributed by atoms with Gasteiger partial charge in [0.2, 0.25) is 0 Å². The number of anilines is 1. The van der Waals surface area contributed by atoms with Crippen molar-refractivity contribution in [2.45, 2.75) is 6.92 Å². The van der Waals surface area contributed by atoms with Crippen LogP contribution < -0.4 is 5.32 Å². The monoisotopic (exact) mass is 279 g/mol. The standard InChI is InChI=1S/C15H13N5O/c1-11-17-8-9-20(11)14-3-2-13(10-18-14)19-15(21)12-4-6-16-7-5-12/h2-10H,1H3,(H,19,21). The van der Waals surface area contributed by atoms with Crippen LogP contribution in [0.15, 0.2) is 55.2 Å². The largest absolute Gasteiger partial charge is 0.321 e. The molecule has 0 spiro atoms. The average Bonchev–Trinajstić information content (AvgIpc) is 2.95. The van der Waals surface area contributed by atoms with Gasteiger partial charge >= 0.3 is 0 Å². The first-order valence-corrected chi connectivity index (χ1v) is 6.42. The Morgan fingerprint density at radius 2 is 1.90 bits per heavy atom. The Kier molecular flexibility index (Phi) is 3.42. The fourth-order valence-electron chi connectivity index (χ4n) is 1.93. The van der Waals surface area contributed by atoms with E-state index in [0.29, 0.717) is 11.3 Å². The van der Waals surface area contributed by atoms with Gasteiger partial charge in [-0.15, -0.1) is 0 Å². The Hall–Kier alpha value is -3.02. The zero-order valence-electron chi connectivity index (χ0n) is 11.4. The number of aromatic nitrogens is 4. The minimum absolute atomic E-state index is 0.189. The van der Waals surface area contributed by atoms with Crippen LogP contribution in [0.4, 0.5) is 5.69 Å². The molecule has 0 aromatic carbocycles. The van der Waals surface area contributed by atoms with Crippen LogP contribution in [-0.2, 0) is 0 Å². The molecule has 104 valence electrons. The molecule has 3 aromatic rings. The number of carbonyl (C=O) groups excluding carboxylic acids is 1. The molecule has 0 radical (unpaired) electrons. The zero-order valence-corrected chi connectivity index (χ0v) is 11.4. The number of amides is 1. The Labute approximate surface area is 121 Å². The minimum Gasteiger partial charge on any atom is -0.321 e. The van der Waals surface area contributed by atoms with Gasteiger partial charge in [0.15, 0.2) is 0 Å².